The van der Waals surface area contributed by atoms with Crippen molar-refractivity contribution >= 4 is 23.3 Å². The number of amides is 2. The van der Waals surface area contributed by atoms with Gasteiger partial charge in [0.05, 0.1) is 17.9 Å². The van der Waals surface area contributed by atoms with Crippen molar-refractivity contribution in [3.63, 3.8) is 0 Å². The van der Waals surface area contributed by atoms with E-state index in [1.807, 2.05) is 19.1 Å². The molecule has 2 atom stereocenters. The van der Waals surface area contributed by atoms with Crippen LogP contribution in [0.3, 0.4) is 0 Å². The molecule has 7 heteroatoms. The molecule has 2 aromatic heterocycles. The minimum Gasteiger partial charge on any atom is -0.383 e. The smallest absolute Gasteiger partial charge is 0.313 e. The summed E-state index contributed by atoms with van der Waals surface area (Å²) in [6.45, 7) is 6.37. The molecule has 3 N–H and O–H groups in total. The van der Waals surface area contributed by atoms with E-state index in [1.165, 1.54) is 6.20 Å². The molecule has 142 valence electrons. The van der Waals surface area contributed by atoms with Crippen LogP contribution in [0.4, 0.5) is 11.5 Å². The van der Waals surface area contributed by atoms with E-state index in [0.29, 0.717) is 24.0 Å². The van der Waals surface area contributed by atoms with Gasteiger partial charge in [0.2, 0.25) is 0 Å². The SMILES string of the molecule is Cc1cc([C@@H]2CC[C@@H](C)CN2C(=O)C(=O)Nc2cnc(N)c(C)c2)ccn1. The predicted octanol–water partition coefficient (Wildman–Crippen LogP) is 2.61. The van der Waals surface area contributed by atoms with Crippen LogP contribution in [0.1, 0.15) is 42.6 Å². The number of carbonyl (C=O) groups excluding carboxylic acids is 2. The van der Waals surface area contributed by atoms with Gasteiger partial charge < -0.3 is 16.0 Å². The molecule has 3 heterocycles. The fourth-order valence-corrected chi connectivity index (χ4v) is 3.47. The largest absolute Gasteiger partial charge is 0.383 e. The maximum Gasteiger partial charge on any atom is 0.313 e. The third-order valence-electron chi connectivity index (χ3n) is 4.95. The Hall–Kier alpha value is -2.96. The van der Waals surface area contributed by atoms with Crippen molar-refractivity contribution in [2.24, 2.45) is 5.92 Å². The molecule has 0 radical (unpaired) electrons. The molecule has 2 aromatic rings. The van der Waals surface area contributed by atoms with Crippen molar-refractivity contribution in [1.82, 2.24) is 14.9 Å². The molecule has 7 nitrogen and oxygen atoms in total. The van der Waals surface area contributed by atoms with E-state index in [9.17, 15) is 9.59 Å². The van der Waals surface area contributed by atoms with Gasteiger partial charge in [-0.15, -0.1) is 0 Å². The zero-order valence-corrected chi connectivity index (χ0v) is 15.9. The van der Waals surface area contributed by atoms with Gasteiger partial charge in [-0.3, -0.25) is 14.6 Å². The lowest BCUT2D eigenvalue weighted by Crippen LogP contribution is -2.46. The number of piperidine rings is 1. The third kappa shape index (κ3) is 4.24. The van der Waals surface area contributed by atoms with E-state index in [1.54, 1.807) is 24.1 Å². The van der Waals surface area contributed by atoms with Gasteiger partial charge in [-0.05, 0) is 61.9 Å². The highest BCUT2D eigenvalue weighted by Gasteiger charge is 2.34. The lowest BCUT2D eigenvalue weighted by molar-refractivity contribution is -0.146. The van der Waals surface area contributed by atoms with Crippen LogP contribution >= 0.6 is 0 Å². The summed E-state index contributed by atoms with van der Waals surface area (Å²) in [6, 6.07) is 5.48. The van der Waals surface area contributed by atoms with Crippen LogP contribution < -0.4 is 11.1 Å². The normalized spacial score (nSPS) is 19.6. The standard InChI is InChI=1S/C20H25N5O2/c1-12-4-5-17(15-6-7-22-14(3)9-15)25(11-12)20(27)19(26)24-16-8-13(2)18(21)23-10-16/h6-10,12,17H,4-5,11H2,1-3H3,(H2,21,23)(H,24,26)/t12-,17+/m1/s1. The highest BCUT2D eigenvalue weighted by molar-refractivity contribution is 6.39. The van der Waals surface area contributed by atoms with Gasteiger partial charge in [-0.1, -0.05) is 6.92 Å². The van der Waals surface area contributed by atoms with E-state index in [4.69, 9.17) is 5.73 Å². The lowest BCUT2D eigenvalue weighted by atomic mass is 9.90. The highest BCUT2D eigenvalue weighted by atomic mass is 16.2. The van der Waals surface area contributed by atoms with Gasteiger partial charge in [0.25, 0.3) is 0 Å². The van der Waals surface area contributed by atoms with Gasteiger partial charge in [0.15, 0.2) is 0 Å². The molecular weight excluding hydrogens is 342 g/mol. The molecule has 27 heavy (non-hydrogen) atoms. The summed E-state index contributed by atoms with van der Waals surface area (Å²) >= 11 is 0. The number of rotatable bonds is 2. The first-order valence-corrected chi connectivity index (χ1v) is 9.11. The summed E-state index contributed by atoms with van der Waals surface area (Å²) in [5, 5.41) is 2.64. The minimum absolute atomic E-state index is 0.118. The number of anilines is 2. The fourth-order valence-electron chi connectivity index (χ4n) is 3.47. The Labute approximate surface area is 159 Å². The summed E-state index contributed by atoms with van der Waals surface area (Å²) in [6.07, 6.45) is 5.04. The van der Waals surface area contributed by atoms with E-state index in [-0.39, 0.29) is 6.04 Å². The van der Waals surface area contributed by atoms with Crippen molar-refractivity contribution in [2.75, 3.05) is 17.6 Å². The molecule has 0 bridgehead atoms. The molecule has 1 saturated heterocycles. The Morgan fingerprint density at radius 2 is 2.00 bits per heavy atom. The van der Waals surface area contributed by atoms with Crippen molar-refractivity contribution in [1.29, 1.82) is 0 Å². The van der Waals surface area contributed by atoms with Gasteiger partial charge in [0, 0.05) is 18.4 Å². The average Bonchev–Trinajstić information content (AvgIpc) is 2.64. The number of aromatic nitrogens is 2. The molecule has 3 rings (SSSR count). The van der Waals surface area contributed by atoms with Crippen LogP contribution in [-0.2, 0) is 9.59 Å². The molecule has 2 amide bonds. The quantitative estimate of drug-likeness (QED) is 0.795. The van der Waals surface area contributed by atoms with Crippen molar-refractivity contribution in [3.8, 4) is 0 Å². The maximum atomic E-state index is 12.9. The summed E-state index contributed by atoms with van der Waals surface area (Å²) in [5.41, 5.74) is 8.82. The maximum absolute atomic E-state index is 12.9. The van der Waals surface area contributed by atoms with Crippen molar-refractivity contribution in [2.45, 2.75) is 39.7 Å². The monoisotopic (exact) mass is 367 g/mol. The highest BCUT2D eigenvalue weighted by Crippen LogP contribution is 2.33. The molecule has 1 fully saturated rings. The number of nitrogens with two attached hydrogens (primary N) is 1. The number of nitrogens with one attached hydrogen (secondary N) is 1. The Kier molecular flexibility index (Phi) is 5.39. The molecule has 1 aliphatic rings. The topological polar surface area (TPSA) is 101 Å². The number of aryl methyl sites for hydroxylation is 2. The first-order valence-electron chi connectivity index (χ1n) is 9.11. The van der Waals surface area contributed by atoms with E-state index in [2.05, 4.69) is 22.2 Å². The summed E-state index contributed by atoms with van der Waals surface area (Å²) in [7, 11) is 0. The zero-order valence-electron chi connectivity index (χ0n) is 15.9. The molecule has 0 saturated carbocycles. The molecule has 0 spiro atoms. The molecular formula is C20H25N5O2. The Morgan fingerprint density at radius 1 is 1.22 bits per heavy atom. The number of nitrogen functional groups attached to an aromatic ring is 1. The Balaban J connectivity index is 1.80. The second-order valence-electron chi connectivity index (χ2n) is 7.27. The van der Waals surface area contributed by atoms with E-state index < -0.39 is 11.8 Å². The van der Waals surface area contributed by atoms with Crippen LogP contribution in [0.2, 0.25) is 0 Å². The predicted molar refractivity (Wildman–Crippen MR) is 104 cm³/mol. The van der Waals surface area contributed by atoms with Gasteiger partial charge in [-0.2, -0.15) is 0 Å². The minimum atomic E-state index is -0.661. The number of hydrogen-bond donors (Lipinski definition) is 2. The van der Waals surface area contributed by atoms with Crippen LogP contribution in [0, 0.1) is 19.8 Å². The van der Waals surface area contributed by atoms with E-state index >= 15 is 0 Å². The molecule has 0 aliphatic carbocycles. The zero-order chi connectivity index (χ0) is 19.6. The second-order valence-corrected chi connectivity index (χ2v) is 7.27. The number of hydrogen-bond acceptors (Lipinski definition) is 5. The average molecular weight is 367 g/mol. The van der Waals surface area contributed by atoms with E-state index in [0.717, 1.165) is 29.7 Å². The number of pyridine rings is 2. The van der Waals surface area contributed by atoms with Gasteiger partial charge in [-0.25, -0.2) is 4.98 Å². The third-order valence-corrected chi connectivity index (χ3v) is 4.95. The number of carbonyl (C=O) groups is 2. The summed E-state index contributed by atoms with van der Waals surface area (Å²) in [4.78, 5) is 35.4. The molecule has 0 unspecified atom stereocenters. The fraction of sp³-hybridized carbons (Fsp3) is 0.400. The van der Waals surface area contributed by atoms with Crippen LogP contribution in [0.25, 0.3) is 0 Å². The molecule has 0 aromatic carbocycles. The van der Waals surface area contributed by atoms with Crippen molar-refractivity contribution in [3.05, 3.63) is 47.4 Å². The van der Waals surface area contributed by atoms with Crippen LogP contribution in [-0.4, -0.2) is 33.2 Å². The summed E-state index contributed by atoms with van der Waals surface area (Å²) in [5.74, 6) is -0.444. The Morgan fingerprint density at radius 3 is 2.70 bits per heavy atom. The van der Waals surface area contributed by atoms with Crippen molar-refractivity contribution < 1.29 is 9.59 Å². The van der Waals surface area contributed by atoms with Gasteiger partial charge >= 0.3 is 11.8 Å². The van der Waals surface area contributed by atoms with Crippen LogP contribution in [0.15, 0.2) is 30.6 Å². The Bertz CT molecular complexity index is 867. The summed E-state index contributed by atoms with van der Waals surface area (Å²) < 4.78 is 0. The number of likely N-dealkylation sites (tertiary alicyclic amines) is 1. The first kappa shape index (κ1) is 18.8. The van der Waals surface area contributed by atoms with Crippen LogP contribution in [0.5, 0.6) is 0 Å². The second kappa shape index (κ2) is 7.73. The first-order chi connectivity index (χ1) is 12.8. The molecule has 1 aliphatic heterocycles. The lowest BCUT2D eigenvalue weighted by Gasteiger charge is -2.38. The number of nitrogens with zero attached hydrogens (tertiary/aromatic N) is 3. The van der Waals surface area contributed by atoms with Gasteiger partial charge in [0.1, 0.15) is 5.82 Å².